The number of amides is 1. The quantitative estimate of drug-likeness (QED) is 0.0650. The van der Waals surface area contributed by atoms with E-state index in [9.17, 15) is 28.1 Å². The first-order chi connectivity index (χ1) is 29.4. The van der Waals surface area contributed by atoms with Crippen LogP contribution >= 0.6 is 23.4 Å². The molecule has 2 N–H and O–H groups in total. The minimum Gasteiger partial charge on any atom is -0.462 e. The van der Waals surface area contributed by atoms with Crippen molar-refractivity contribution < 1.29 is 27.7 Å². The van der Waals surface area contributed by atoms with Gasteiger partial charge in [0, 0.05) is 78.3 Å². The van der Waals surface area contributed by atoms with Crippen molar-refractivity contribution in [2.45, 2.75) is 54.4 Å². The molecule has 322 valence electrons. The molecule has 4 aromatic rings. The Bertz CT molecular complexity index is 2340. The topological polar surface area (TPSA) is 154 Å². The van der Waals surface area contributed by atoms with Crippen LogP contribution < -0.4 is 14.9 Å². The highest BCUT2D eigenvalue weighted by Gasteiger charge is 2.32. The van der Waals surface area contributed by atoms with Crippen LogP contribution in [0.15, 0.2) is 106 Å². The van der Waals surface area contributed by atoms with Gasteiger partial charge in [0.15, 0.2) is 0 Å². The lowest BCUT2D eigenvalue weighted by Gasteiger charge is -2.37. The van der Waals surface area contributed by atoms with E-state index in [4.69, 9.17) is 16.3 Å². The van der Waals surface area contributed by atoms with Crippen molar-refractivity contribution in [2.24, 2.45) is 0 Å². The van der Waals surface area contributed by atoms with E-state index in [1.807, 2.05) is 49.5 Å². The van der Waals surface area contributed by atoms with E-state index >= 15 is 0 Å². The molecule has 1 saturated heterocycles. The third-order valence-electron chi connectivity index (χ3n) is 11.4. The summed E-state index contributed by atoms with van der Waals surface area (Å²) in [5.74, 6) is -1.30. The van der Waals surface area contributed by atoms with Crippen LogP contribution in [-0.4, -0.2) is 106 Å². The van der Waals surface area contributed by atoms with Crippen LogP contribution in [0.25, 0.3) is 5.57 Å². The molecule has 1 atom stereocenters. The fraction of sp³-hybridized carbons (Fsp3) is 0.378. The summed E-state index contributed by atoms with van der Waals surface area (Å²) in [6.07, 6.45) is 5.67. The minimum absolute atomic E-state index is 0.0351. The van der Waals surface area contributed by atoms with Crippen LogP contribution in [0.4, 0.5) is 17.1 Å². The van der Waals surface area contributed by atoms with Crippen molar-refractivity contribution in [1.82, 2.24) is 14.5 Å². The zero-order valence-corrected chi connectivity index (χ0v) is 36.6. The lowest BCUT2D eigenvalue weighted by atomic mass is 9.87. The number of carbonyl (C=O) groups is 2. The second-order valence-electron chi connectivity index (χ2n) is 15.7. The number of sulfonamides is 1. The number of rotatable bonds is 11. The number of thioether (sulfide) groups is 1. The number of halogens is 1. The first kappa shape index (κ1) is 44.1. The molecule has 1 fully saturated rings. The van der Waals surface area contributed by atoms with Gasteiger partial charge in [-0.3, -0.25) is 19.8 Å². The van der Waals surface area contributed by atoms with Crippen molar-refractivity contribution >= 4 is 67.9 Å². The molecule has 0 aromatic heterocycles. The van der Waals surface area contributed by atoms with Crippen molar-refractivity contribution in [3.05, 3.63) is 128 Å². The van der Waals surface area contributed by atoms with E-state index in [-0.39, 0.29) is 29.5 Å². The Kier molecular flexibility index (Phi) is 14.7. The predicted molar refractivity (Wildman–Crippen MR) is 241 cm³/mol. The number of esters is 1. The van der Waals surface area contributed by atoms with Crippen LogP contribution in [0.3, 0.4) is 0 Å². The maximum Gasteiger partial charge on any atom is 0.340 e. The number of hydrogen-bond donors (Lipinski definition) is 2. The Hall–Kier alpha value is -4.93. The fourth-order valence-electron chi connectivity index (χ4n) is 8.03. The lowest BCUT2D eigenvalue weighted by molar-refractivity contribution is -0.384. The summed E-state index contributed by atoms with van der Waals surface area (Å²) in [7, 11) is -2.73. The van der Waals surface area contributed by atoms with Gasteiger partial charge >= 0.3 is 5.97 Å². The van der Waals surface area contributed by atoms with Gasteiger partial charge in [0.1, 0.15) is 5.69 Å². The molecule has 1 amide bonds. The summed E-state index contributed by atoms with van der Waals surface area (Å²) in [5, 5.41) is 16.5. The molecule has 2 aliphatic heterocycles. The Labute approximate surface area is 366 Å². The van der Waals surface area contributed by atoms with E-state index in [0.717, 1.165) is 73.3 Å². The summed E-state index contributed by atoms with van der Waals surface area (Å²) < 4.78 is 35.1. The Balaban J connectivity index is 1.03. The second-order valence-corrected chi connectivity index (χ2v) is 18.9. The lowest BCUT2D eigenvalue weighted by Crippen LogP contribution is -2.47. The Morgan fingerprint density at radius 3 is 2.38 bits per heavy atom. The number of anilines is 2. The Morgan fingerprint density at radius 1 is 0.934 bits per heavy atom. The minimum atomic E-state index is -4.69. The standard InChI is InChI=1S/C45H51ClN6O7S2/c1-49-21-7-27-59-45(54)41-28-39(29-42(52(55)56)43(41)47-36(20-22-49)31-60-38-9-3-2-4-10-38)61(57,58)48-44(53)33-14-18-37(19-15-33)51-25-23-50(24-26-51)30-34-8-5-6-11-40(34)32-12-16-35(46)17-13-32/h2-4,9-10,12-19,28-29,36,47H,5-8,11,20-27,30-31H2,1H3,(H,48,53). The summed E-state index contributed by atoms with van der Waals surface area (Å²) >= 11 is 7.72. The number of allylic oxidation sites excluding steroid dienone is 1. The molecular formula is C45H51ClN6O7S2. The second kappa shape index (κ2) is 20.3. The fourth-order valence-corrected chi connectivity index (χ4v) is 10.2. The molecule has 13 nitrogen and oxygen atoms in total. The van der Waals surface area contributed by atoms with Crippen molar-refractivity contribution in [1.29, 1.82) is 0 Å². The third kappa shape index (κ3) is 11.5. The maximum absolute atomic E-state index is 13.8. The molecule has 0 radical (unpaired) electrons. The molecule has 61 heavy (non-hydrogen) atoms. The highest BCUT2D eigenvalue weighted by molar-refractivity contribution is 7.99. The van der Waals surface area contributed by atoms with Crippen LogP contribution in [0, 0.1) is 10.1 Å². The number of nitrogens with one attached hydrogen (secondary N) is 2. The van der Waals surface area contributed by atoms with Crippen molar-refractivity contribution in [3.8, 4) is 0 Å². The van der Waals surface area contributed by atoms with Gasteiger partial charge in [0.2, 0.25) is 0 Å². The van der Waals surface area contributed by atoms with Crippen molar-refractivity contribution in [3.63, 3.8) is 0 Å². The number of piperazine rings is 1. The van der Waals surface area contributed by atoms with Crippen LogP contribution in [0.1, 0.15) is 64.8 Å². The average molecular weight is 888 g/mol. The van der Waals surface area contributed by atoms with Gasteiger partial charge in [0.25, 0.3) is 21.6 Å². The molecule has 3 aliphatic rings. The highest BCUT2D eigenvalue weighted by atomic mass is 35.5. The number of ether oxygens (including phenoxy) is 1. The molecule has 7 rings (SSSR count). The smallest absolute Gasteiger partial charge is 0.340 e. The van der Waals surface area contributed by atoms with E-state index in [0.29, 0.717) is 31.7 Å². The summed E-state index contributed by atoms with van der Waals surface area (Å²) in [6, 6.07) is 26.1. The molecule has 0 bridgehead atoms. The van der Waals surface area contributed by atoms with Crippen LogP contribution in [0.2, 0.25) is 5.02 Å². The molecule has 16 heteroatoms. The number of nitrogens with zero attached hydrogens (tertiary/aromatic N) is 4. The SMILES string of the molecule is CN1CCCOC(=O)c2cc(S(=O)(=O)NC(=O)c3ccc(N4CCN(CC5=C(c6ccc(Cl)cc6)CCCC5)CC4)cc3)cc([N+](=O)[O-])c2NC(CSc2ccccc2)CC1. The van der Waals surface area contributed by atoms with Gasteiger partial charge in [-0.05, 0) is 118 Å². The number of carbonyl (C=O) groups excluding carboxylic acids is 2. The van der Waals surface area contributed by atoms with Crippen LogP contribution in [0.5, 0.6) is 0 Å². The zero-order valence-electron chi connectivity index (χ0n) is 34.2. The number of nitro groups is 1. The third-order valence-corrected chi connectivity index (χ3v) is 14.2. The molecule has 2 heterocycles. The van der Waals surface area contributed by atoms with Gasteiger partial charge in [-0.15, -0.1) is 11.8 Å². The van der Waals surface area contributed by atoms with Crippen LogP contribution in [-0.2, 0) is 14.8 Å². The average Bonchev–Trinajstić information content (AvgIpc) is 3.26. The van der Waals surface area contributed by atoms with E-state index in [2.05, 4.69) is 36.9 Å². The number of nitro benzene ring substituents is 1. The normalized spacial score (nSPS) is 18.6. The van der Waals surface area contributed by atoms with Gasteiger partial charge < -0.3 is 19.9 Å². The summed E-state index contributed by atoms with van der Waals surface area (Å²) in [6.45, 7) is 5.62. The van der Waals surface area contributed by atoms with Gasteiger partial charge in [-0.1, -0.05) is 47.5 Å². The molecule has 0 saturated carbocycles. The van der Waals surface area contributed by atoms with Crippen molar-refractivity contribution in [2.75, 3.05) is 75.4 Å². The highest BCUT2D eigenvalue weighted by Crippen LogP contribution is 2.36. The van der Waals surface area contributed by atoms with E-state index in [1.165, 1.54) is 29.6 Å². The van der Waals surface area contributed by atoms with E-state index in [1.54, 1.807) is 36.0 Å². The number of cyclic esters (lactones) is 1. The number of hydrogen-bond acceptors (Lipinski definition) is 12. The van der Waals surface area contributed by atoms with Gasteiger partial charge in [0.05, 0.1) is 22.0 Å². The van der Waals surface area contributed by atoms with Gasteiger partial charge in [-0.25, -0.2) is 17.9 Å². The molecule has 1 unspecified atom stereocenters. The zero-order chi connectivity index (χ0) is 42.9. The summed E-state index contributed by atoms with van der Waals surface area (Å²) in [5.41, 5.74) is 4.13. The Morgan fingerprint density at radius 2 is 1.66 bits per heavy atom. The molecule has 0 spiro atoms. The first-order valence-electron chi connectivity index (χ1n) is 20.7. The van der Waals surface area contributed by atoms with Gasteiger partial charge in [-0.2, -0.15) is 0 Å². The molecule has 1 aliphatic carbocycles. The van der Waals surface area contributed by atoms with E-state index < -0.39 is 37.4 Å². The predicted octanol–water partition coefficient (Wildman–Crippen LogP) is 7.97. The maximum atomic E-state index is 13.8. The first-order valence-corrected chi connectivity index (χ1v) is 23.5. The number of benzene rings is 4. The molecule has 4 aromatic carbocycles. The monoisotopic (exact) mass is 886 g/mol. The summed E-state index contributed by atoms with van der Waals surface area (Å²) in [4.78, 5) is 46.0. The molecular weight excluding hydrogens is 836 g/mol. The number of fused-ring (bicyclic) bond motifs is 1. The largest absolute Gasteiger partial charge is 0.462 e.